The first-order valence-electron chi connectivity index (χ1n) is 4.76. The molecule has 0 atom stereocenters. The highest BCUT2D eigenvalue weighted by atomic mass is 32.1. The molecule has 0 aliphatic rings. The van der Waals surface area contributed by atoms with Crippen molar-refractivity contribution in [3.8, 4) is 0 Å². The number of aromatic nitrogens is 2. The smallest absolute Gasteiger partial charge is 0.0900 e. The van der Waals surface area contributed by atoms with E-state index in [-0.39, 0.29) is 0 Å². The first-order chi connectivity index (χ1) is 7.25. The summed E-state index contributed by atoms with van der Waals surface area (Å²) in [6.07, 6.45) is 1.91. The third-order valence-electron chi connectivity index (χ3n) is 2.07. The van der Waals surface area contributed by atoms with Gasteiger partial charge in [-0.2, -0.15) is 0 Å². The normalized spacial score (nSPS) is 10.8. The molecule has 0 saturated carbocycles. The molecule has 0 saturated heterocycles. The minimum absolute atomic E-state index is 0.890. The number of rotatable bonds is 4. The van der Waals surface area contributed by atoms with Gasteiger partial charge in [0.2, 0.25) is 0 Å². The van der Waals surface area contributed by atoms with Crippen molar-refractivity contribution in [2.75, 3.05) is 0 Å². The Morgan fingerprint density at radius 2 is 2.20 bits per heavy atom. The molecule has 2 aromatic rings. The van der Waals surface area contributed by atoms with Crippen LogP contribution in [0.25, 0.3) is 0 Å². The highest BCUT2D eigenvalue weighted by Crippen LogP contribution is 2.16. The van der Waals surface area contributed by atoms with Crippen molar-refractivity contribution in [1.29, 1.82) is 0 Å². The monoisotopic (exact) mass is 239 g/mol. The number of hydrogen-bond acceptors (Lipinski definition) is 5. The lowest BCUT2D eigenvalue weighted by atomic mass is 10.4. The molecule has 0 aromatic carbocycles. The molecule has 0 bridgehead atoms. The molecule has 2 rings (SSSR count). The zero-order chi connectivity index (χ0) is 10.7. The summed E-state index contributed by atoms with van der Waals surface area (Å²) in [5, 5.41) is 4.54. The van der Waals surface area contributed by atoms with Gasteiger partial charge in [0.15, 0.2) is 0 Å². The molecule has 2 heterocycles. The highest BCUT2D eigenvalue weighted by molar-refractivity contribution is 7.11. The summed E-state index contributed by atoms with van der Waals surface area (Å²) in [6, 6.07) is 0. The summed E-state index contributed by atoms with van der Waals surface area (Å²) in [6.45, 7) is 5.90. The predicted octanol–water partition coefficient (Wildman–Crippen LogP) is 2.51. The lowest BCUT2D eigenvalue weighted by molar-refractivity contribution is 0.704. The van der Waals surface area contributed by atoms with Crippen LogP contribution in [0.1, 0.15) is 20.5 Å². The number of nitrogens with zero attached hydrogens (tertiary/aromatic N) is 2. The van der Waals surface area contributed by atoms with Gasteiger partial charge in [-0.3, -0.25) is 4.98 Å². The van der Waals surface area contributed by atoms with E-state index in [9.17, 15) is 0 Å². The summed E-state index contributed by atoms with van der Waals surface area (Å²) in [7, 11) is 0. The van der Waals surface area contributed by atoms with E-state index in [0.29, 0.717) is 0 Å². The van der Waals surface area contributed by atoms with Crippen molar-refractivity contribution in [2.45, 2.75) is 26.9 Å². The van der Waals surface area contributed by atoms with Crippen LogP contribution in [-0.4, -0.2) is 9.97 Å². The van der Waals surface area contributed by atoms with E-state index < -0.39 is 0 Å². The first-order valence-corrected chi connectivity index (χ1v) is 6.46. The van der Waals surface area contributed by atoms with E-state index in [0.717, 1.165) is 23.8 Å². The second-order valence-corrected chi connectivity index (χ2v) is 5.57. The molecular formula is C10H13N3S2. The summed E-state index contributed by atoms with van der Waals surface area (Å²) < 4.78 is 0. The summed E-state index contributed by atoms with van der Waals surface area (Å²) in [5.41, 5.74) is 3.01. The van der Waals surface area contributed by atoms with E-state index in [1.165, 1.54) is 9.75 Å². The molecule has 5 heteroatoms. The van der Waals surface area contributed by atoms with E-state index in [1.807, 2.05) is 18.6 Å². The number of aryl methyl sites for hydroxylation is 2. The Morgan fingerprint density at radius 3 is 2.80 bits per heavy atom. The van der Waals surface area contributed by atoms with Gasteiger partial charge in [0.25, 0.3) is 0 Å². The SMILES string of the molecule is Cc1nc(C)c(CNCc2cncs2)s1. The Morgan fingerprint density at radius 1 is 1.33 bits per heavy atom. The van der Waals surface area contributed by atoms with Gasteiger partial charge in [-0.25, -0.2) is 4.98 Å². The molecule has 1 N–H and O–H groups in total. The van der Waals surface area contributed by atoms with Crippen molar-refractivity contribution in [1.82, 2.24) is 15.3 Å². The molecule has 15 heavy (non-hydrogen) atoms. The fourth-order valence-electron chi connectivity index (χ4n) is 1.37. The van der Waals surface area contributed by atoms with Gasteiger partial charge in [-0.1, -0.05) is 0 Å². The molecule has 0 fully saturated rings. The maximum Gasteiger partial charge on any atom is 0.0900 e. The van der Waals surface area contributed by atoms with Crippen LogP contribution in [0.15, 0.2) is 11.7 Å². The van der Waals surface area contributed by atoms with Crippen LogP contribution in [-0.2, 0) is 13.1 Å². The van der Waals surface area contributed by atoms with Gasteiger partial charge >= 0.3 is 0 Å². The van der Waals surface area contributed by atoms with Crippen molar-refractivity contribution in [3.05, 3.63) is 32.2 Å². The van der Waals surface area contributed by atoms with Crippen LogP contribution in [0.2, 0.25) is 0 Å². The van der Waals surface area contributed by atoms with E-state index in [1.54, 1.807) is 22.7 Å². The van der Waals surface area contributed by atoms with Gasteiger partial charge in [0.05, 0.1) is 16.2 Å². The molecular weight excluding hydrogens is 226 g/mol. The maximum atomic E-state index is 4.40. The molecule has 3 nitrogen and oxygen atoms in total. The van der Waals surface area contributed by atoms with Gasteiger partial charge in [0, 0.05) is 29.0 Å². The zero-order valence-electron chi connectivity index (χ0n) is 8.78. The molecule has 0 aliphatic heterocycles. The fourth-order valence-corrected chi connectivity index (χ4v) is 2.84. The second kappa shape index (κ2) is 4.83. The van der Waals surface area contributed by atoms with Crippen LogP contribution in [0, 0.1) is 13.8 Å². The van der Waals surface area contributed by atoms with E-state index >= 15 is 0 Å². The average Bonchev–Trinajstić information content (AvgIpc) is 2.77. The van der Waals surface area contributed by atoms with Gasteiger partial charge in [0.1, 0.15) is 0 Å². The molecule has 80 valence electrons. The molecule has 0 aliphatic carbocycles. The van der Waals surface area contributed by atoms with E-state index in [2.05, 4.69) is 22.2 Å². The standard InChI is InChI=1S/C10H13N3S2/c1-7-10(15-8(2)13-7)5-11-3-9-4-12-6-14-9/h4,6,11H,3,5H2,1-2H3. The quantitative estimate of drug-likeness (QED) is 0.891. The lowest BCUT2D eigenvalue weighted by Gasteiger charge is -2.00. The van der Waals surface area contributed by atoms with Crippen molar-refractivity contribution in [3.63, 3.8) is 0 Å². The molecule has 0 spiro atoms. The molecule has 2 aromatic heterocycles. The lowest BCUT2D eigenvalue weighted by Crippen LogP contribution is -2.11. The summed E-state index contributed by atoms with van der Waals surface area (Å²) in [5.74, 6) is 0. The maximum absolute atomic E-state index is 4.40. The zero-order valence-corrected chi connectivity index (χ0v) is 10.4. The van der Waals surface area contributed by atoms with Crippen LogP contribution < -0.4 is 5.32 Å². The summed E-state index contributed by atoms with van der Waals surface area (Å²) in [4.78, 5) is 11.0. The Kier molecular flexibility index (Phi) is 3.45. The van der Waals surface area contributed by atoms with Crippen molar-refractivity contribution >= 4 is 22.7 Å². The van der Waals surface area contributed by atoms with Crippen molar-refractivity contribution in [2.24, 2.45) is 0 Å². The Balaban J connectivity index is 1.86. The largest absolute Gasteiger partial charge is 0.307 e. The second-order valence-electron chi connectivity index (χ2n) is 3.31. The van der Waals surface area contributed by atoms with Gasteiger partial charge < -0.3 is 5.32 Å². The Hall–Kier alpha value is -0.780. The van der Waals surface area contributed by atoms with Gasteiger partial charge in [-0.15, -0.1) is 22.7 Å². The Labute approximate surface area is 97.2 Å². The number of hydrogen-bond donors (Lipinski definition) is 1. The predicted molar refractivity (Wildman–Crippen MR) is 64.2 cm³/mol. The van der Waals surface area contributed by atoms with Crippen LogP contribution >= 0.6 is 22.7 Å². The molecule has 0 radical (unpaired) electrons. The van der Waals surface area contributed by atoms with Gasteiger partial charge in [-0.05, 0) is 13.8 Å². The molecule has 0 unspecified atom stereocenters. The van der Waals surface area contributed by atoms with Crippen LogP contribution in [0.5, 0.6) is 0 Å². The van der Waals surface area contributed by atoms with Crippen LogP contribution in [0.4, 0.5) is 0 Å². The minimum Gasteiger partial charge on any atom is -0.307 e. The number of nitrogens with one attached hydrogen (secondary N) is 1. The van der Waals surface area contributed by atoms with Crippen LogP contribution in [0.3, 0.4) is 0 Å². The topological polar surface area (TPSA) is 37.8 Å². The Bertz CT molecular complexity index is 420. The average molecular weight is 239 g/mol. The fraction of sp³-hybridized carbons (Fsp3) is 0.400. The highest BCUT2D eigenvalue weighted by Gasteiger charge is 2.03. The third kappa shape index (κ3) is 2.84. The van der Waals surface area contributed by atoms with E-state index in [4.69, 9.17) is 0 Å². The third-order valence-corrected chi connectivity index (χ3v) is 3.92. The minimum atomic E-state index is 0.890. The summed E-state index contributed by atoms with van der Waals surface area (Å²) >= 11 is 3.45. The molecule has 0 amide bonds. The van der Waals surface area contributed by atoms with Crippen molar-refractivity contribution < 1.29 is 0 Å². The number of thiazole rings is 2. The first kappa shape index (κ1) is 10.7.